The number of carbonyl (C=O) groups excluding carboxylic acids is 1. The Morgan fingerprint density at radius 2 is 2.05 bits per heavy atom. The van der Waals surface area contributed by atoms with E-state index in [0.717, 1.165) is 24.3 Å². The van der Waals surface area contributed by atoms with E-state index in [2.05, 4.69) is 15.5 Å². The molecule has 1 aromatic carbocycles. The van der Waals surface area contributed by atoms with Gasteiger partial charge in [-0.25, -0.2) is 0 Å². The Morgan fingerprint density at radius 1 is 1.29 bits per heavy atom. The maximum atomic E-state index is 12.1. The molecule has 1 rings (SSSR count). The lowest BCUT2D eigenvalue weighted by Gasteiger charge is -2.11. The predicted octanol–water partition coefficient (Wildman–Crippen LogP) is 1.73. The highest BCUT2D eigenvalue weighted by molar-refractivity contribution is 5.96. The molecular formula is C16H27N3O2. The summed E-state index contributed by atoms with van der Waals surface area (Å²) in [5, 5.41) is 6.12. The van der Waals surface area contributed by atoms with Crippen LogP contribution in [-0.4, -0.2) is 57.8 Å². The first-order chi connectivity index (χ1) is 10.0. The van der Waals surface area contributed by atoms with Gasteiger partial charge in [-0.2, -0.15) is 0 Å². The average Bonchev–Trinajstić information content (AvgIpc) is 2.42. The molecule has 0 spiro atoms. The summed E-state index contributed by atoms with van der Waals surface area (Å²) in [6.07, 6.45) is 0. The number of ether oxygens (including phenoxy) is 1. The van der Waals surface area contributed by atoms with Crippen LogP contribution in [0.1, 0.15) is 22.8 Å². The minimum atomic E-state index is -0.0493. The quantitative estimate of drug-likeness (QED) is 0.681. The van der Waals surface area contributed by atoms with E-state index in [0.29, 0.717) is 25.3 Å². The number of hydrogen-bond acceptors (Lipinski definition) is 4. The third kappa shape index (κ3) is 6.60. The summed E-state index contributed by atoms with van der Waals surface area (Å²) in [4.78, 5) is 14.1. The molecule has 21 heavy (non-hydrogen) atoms. The van der Waals surface area contributed by atoms with E-state index in [9.17, 15) is 4.79 Å². The van der Waals surface area contributed by atoms with Crippen LogP contribution in [0.25, 0.3) is 0 Å². The summed E-state index contributed by atoms with van der Waals surface area (Å²) in [5.74, 6) is -0.0493. The normalized spacial score (nSPS) is 10.7. The van der Waals surface area contributed by atoms with Crippen molar-refractivity contribution >= 4 is 11.6 Å². The molecule has 0 heterocycles. The maximum absolute atomic E-state index is 12.1. The molecule has 118 valence electrons. The van der Waals surface area contributed by atoms with Gasteiger partial charge in [-0.15, -0.1) is 0 Å². The number of hydrogen-bond donors (Lipinski definition) is 2. The lowest BCUT2D eigenvalue weighted by atomic mass is 10.1. The van der Waals surface area contributed by atoms with Crippen molar-refractivity contribution in [2.75, 3.05) is 52.3 Å². The van der Waals surface area contributed by atoms with Gasteiger partial charge in [0.05, 0.1) is 13.2 Å². The van der Waals surface area contributed by atoms with Crippen molar-refractivity contribution in [1.29, 1.82) is 0 Å². The lowest BCUT2D eigenvalue weighted by molar-refractivity contribution is 0.0899. The highest BCUT2D eigenvalue weighted by Crippen LogP contribution is 2.14. The van der Waals surface area contributed by atoms with Crippen LogP contribution in [0.2, 0.25) is 0 Å². The van der Waals surface area contributed by atoms with Crippen LogP contribution < -0.4 is 10.6 Å². The number of aryl methyl sites for hydroxylation is 1. The molecule has 0 fully saturated rings. The number of amides is 1. The van der Waals surface area contributed by atoms with Crippen LogP contribution in [0.5, 0.6) is 0 Å². The number of nitrogens with zero attached hydrogens (tertiary/aromatic N) is 1. The molecule has 0 atom stereocenters. The molecule has 0 saturated heterocycles. The van der Waals surface area contributed by atoms with E-state index in [4.69, 9.17) is 4.74 Å². The van der Waals surface area contributed by atoms with Crippen molar-refractivity contribution in [3.63, 3.8) is 0 Å². The van der Waals surface area contributed by atoms with Gasteiger partial charge in [-0.1, -0.05) is 0 Å². The third-order valence-corrected chi connectivity index (χ3v) is 3.07. The Morgan fingerprint density at radius 3 is 2.67 bits per heavy atom. The van der Waals surface area contributed by atoms with Gasteiger partial charge in [0.2, 0.25) is 0 Å². The van der Waals surface area contributed by atoms with Gasteiger partial charge in [-0.3, -0.25) is 4.79 Å². The van der Waals surface area contributed by atoms with Gasteiger partial charge in [0.15, 0.2) is 0 Å². The number of anilines is 1. The van der Waals surface area contributed by atoms with Crippen molar-refractivity contribution in [2.45, 2.75) is 13.8 Å². The van der Waals surface area contributed by atoms with Crippen LogP contribution in [0.3, 0.4) is 0 Å². The van der Waals surface area contributed by atoms with E-state index in [1.807, 2.05) is 46.1 Å². The van der Waals surface area contributed by atoms with Crippen LogP contribution in [0.4, 0.5) is 5.69 Å². The molecule has 0 aliphatic heterocycles. The predicted molar refractivity (Wildman–Crippen MR) is 87.0 cm³/mol. The van der Waals surface area contributed by atoms with Gasteiger partial charge in [0.25, 0.3) is 5.91 Å². The van der Waals surface area contributed by atoms with Crippen LogP contribution in [0, 0.1) is 6.92 Å². The van der Waals surface area contributed by atoms with E-state index in [-0.39, 0.29) is 5.91 Å². The van der Waals surface area contributed by atoms with Crippen molar-refractivity contribution in [3.05, 3.63) is 29.3 Å². The van der Waals surface area contributed by atoms with Crippen molar-refractivity contribution in [1.82, 2.24) is 10.2 Å². The second-order valence-electron chi connectivity index (χ2n) is 5.23. The zero-order valence-electron chi connectivity index (χ0n) is 13.5. The zero-order chi connectivity index (χ0) is 15.7. The fraction of sp³-hybridized carbons (Fsp3) is 0.562. The Bertz CT molecular complexity index is 447. The minimum Gasteiger partial charge on any atom is -0.385 e. The molecule has 0 unspecified atom stereocenters. The minimum absolute atomic E-state index is 0.0493. The van der Waals surface area contributed by atoms with Crippen LogP contribution in [0.15, 0.2) is 18.2 Å². The molecule has 0 bridgehead atoms. The number of benzene rings is 1. The number of nitrogens with one attached hydrogen (secondary N) is 2. The molecule has 2 N–H and O–H groups in total. The molecule has 0 aliphatic rings. The molecule has 0 aromatic heterocycles. The fourth-order valence-electron chi connectivity index (χ4n) is 1.91. The number of carbonyl (C=O) groups is 1. The van der Waals surface area contributed by atoms with Gasteiger partial charge in [-0.05, 0) is 51.7 Å². The molecule has 5 nitrogen and oxygen atoms in total. The summed E-state index contributed by atoms with van der Waals surface area (Å²) in [5.41, 5.74) is 2.72. The molecule has 0 aliphatic carbocycles. The average molecular weight is 293 g/mol. The van der Waals surface area contributed by atoms with Crippen LogP contribution >= 0.6 is 0 Å². The Labute approximate surface area is 127 Å². The number of rotatable bonds is 9. The highest BCUT2D eigenvalue weighted by atomic mass is 16.5. The maximum Gasteiger partial charge on any atom is 0.251 e. The smallest absolute Gasteiger partial charge is 0.251 e. The first-order valence-electron chi connectivity index (χ1n) is 7.39. The van der Waals surface area contributed by atoms with E-state index >= 15 is 0 Å². The van der Waals surface area contributed by atoms with Crippen LogP contribution in [-0.2, 0) is 4.74 Å². The standard InChI is InChI=1S/C16H27N3O2/c1-5-17-14-6-7-15(13(2)12-14)16(20)18-8-10-21-11-9-19(3)4/h6-7,12,17H,5,8-11H2,1-4H3,(H,18,20). The van der Waals surface area contributed by atoms with Crippen molar-refractivity contribution in [3.8, 4) is 0 Å². The summed E-state index contributed by atoms with van der Waals surface area (Å²) < 4.78 is 5.45. The lowest BCUT2D eigenvalue weighted by Crippen LogP contribution is -2.28. The summed E-state index contributed by atoms with van der Waals surface area (Å²) in [6, 6.07) is 5.78. The summed E-state index contributed by atoms with van der Waals surface area (Å²) >= 11 is 0. The molecule has 1 amide bonds. The molecule has 1 aromatic rings. The van der Waals surface area contributed by atoms with Gasteiger partial charge < -0.3 is 20.3 Å². The van der Waals surface area contributed by atoms with Gasteiger partial charge >= 0.3 is 0 Å². The molecular weight excluding hydrogens is 266 g/mol. The molecule has 5 heteroatoms. The monoisotopic (exact) mass is 293 g/mol. The Kier molecular flexibility index (Phi) is 7.79. The van der Waals surface area contributed by atoms with E-state index in [1.54, 1.807) is 0 Å². The number of likely N-dealkylation sites (N-methyl/N-ethyl adjacent to an activating group) is 1. The fourth-order valence-corrected chi connectivity index (χ4v) is 1.91. The Balaban J connectivity index is 2.35. The molecule has 0 radical (unpaired) electrons. The van der Waals surface area contributed by atoms with E-state index in [1.165, 1.54) is 0 Å². The van der Waals surface area contributed by atoms with Crippen molar-refractivity contribution in [2.24, 2.45) is 0 Å². The second-order valence-corrected chi connectivity index (χ2v) is 5.23. The summed E-state index contributed by atoms with van der Waals surface area (Å²) in [6.45, 7) is 7.50. The summed E-state index contributed by atoms with van der Waals surface area (Å²) in [7, 11) is 4.01. The second kappa shape index (κ2) is 9.37. The van der Waals surface area contributed by atoms with Gasteiger partial charge in [0.1, 0.15) is 0 Å². The highest BCUT2D eigenvalue weighted by Gasteiger charge is 2.08. The molecule has 0 saturated carbocycles. The largest absolute Gasteiger partial charge is 0.385 e. The first kappa shape index (κ1) is 17.5. The van der Waals surface area contributed by atoms with Crippen molar-refractivity contribution < 1.29 is 9.53 Å². The van der Waals surface area contributed by atoms with Gasteiger partial charge in [0, 0.05) is 30.9 Å². The zero-order valence-corrected chi connectivity index (χ0v) is 13.5. The topological polar surface area (TPSA) is 53.6 Å². The SMILES string of the molecule is CCNc1ccc(C(=O)NCCOCCN(C)C)c(C)c1. The third-order valence-electron chi connectivity index (χ3n) is 3.07. The first-order valence-corrected chi connectivity index (χ1v) is 7.39. The van der Waals surface area contributed by atoms with E-state index < -0.39 is 0 Å². The Hall–Kier alpha value is -1.59.